The summed E-state index contributed by atoms with van der Waals surface area (Å²) < 4.78 is 0. The van der Waals surface area contributed by atoms with Crippen LogP contribution in [-0.2, 0) is 9.63 Å². The Labute approximate surface area is 45.1 Å². The van der Waals surface area contributed by atoms with Crippen LogP contribution >= 0.6 is 12.2 Å². The molecule has 0 rings (SSSR count). The van der Waals surface area contributed by atoms with Crippen LogP contribution in [0, 0.1) is 0 Å². The Morgan fingerprint density at radius 2 is 2.71 bits per heavy atom. The quantitative estimate of drug-likeness (QED) is 0.181. The molecule has 0 saturated carbocycles. The summed E-state index contributed by atoms with van der Waals surface area (Å²) in [4.78, 5) is 13.1. The lowest BCUT2D eigenvalue weighted by atomic mass is 11.6. The molecule has 0 heterocycles. The van der Waals surface area contributed by atoms with Gasteiger partial charge in [0, 0.05) is 0 Å². The van der Waals surface area contributed by atoms with Crippen molar-refractivity contribution in [2.45, 2.75) is 0 Å². The normalized spacial score (nSPS) is 5.71. The number of hydrogen-bond acceptors (Lipinski definition) is 5. The summed E-state index contributed by atoms with van der Waals surface area (Å²) in [6.07, 6.45) is 0. The van der Waals surface area contributed by atoms with E-state index in [1.165, 1.54) is 0 Å². The molecule has 0 fully saturated rings. The number of carbonyl (C=O) groups is 1. The molecule has 0 aliphatic carbocycles. The maximum absolute atomic E-state index is 9.27. The van der Waals surface area contributed by atoms with Gasteiger partial charge >= 0.3 is 6.47 Å². The lowest BCUT2D eigenvalue weighted by Gasteiger charge is -1.84. The van der Waals surface area contributed by atoms with Crippen LogP contribution in [0.3, 0.4) is 0 Å². The number of hydrazone groups is 1. The SMILES string of the molecule is O=CONN=C=S. The van der Waals surface area contributed by atoms with Crippen molar-refractivity contribution in [3.05, 3.63) is 0 Å². The molecule has 0 aliphatic rings. The largest absolute Gasteiger partial charge is 0.329 e. The zero-order chi connectivity index (χ0) is 5.54. The molecule has 0 radical (unpaired) electrons. The smallest absolute Gasteiger partial charge is 0.322 e. The van der Waals surface area contributed by atoms with Gasteiger partial charge in [-0.25, -0.2) is 0 Å². The highest BCUT2D eigenvalue weighted by Gasteiger charge is 1.63. The number of nitrogens with one attached hydrogen (secondary N) is 1. The molecule has 0 unspecified atom stereocenters. The number of isothiocyanates is 1. The van der Waals surface area contributed by atoms with Gasteiger partial charge in [0.15, 0.2) is 0 Å². The molecule has 0 spiro atoms. The fraction of sp³-hybridized carbons (Fsp3) is 0. The van der Waals surface area contributed by atoms with E-state index in [9.17, 15) is 4.79 Å². The van der Waals surface area contributed by atoms with Crippen molar-refractivity contribution in [2.24, 2.45) is 5.10 Å². The number of thiocarbonyl (C=S) groups is 1. The third kappa shape index (κ3) is 5.07. The van der Waals surface area contributed by atoms with E-state index in [4.69, 9.17) is 0 Å². The molecule has 38 valence electrons. The maximum atomic E-state index is 9.27. The Bertz CT molecular complexity index is 97.9. The van der Waals surface area contributed by atoms with Crippen molar-refractivity contribution in [1.82, 2.24) is 5.59 Å². The third-order valence-corrected chi connectivity index (χ3v) is 0.283. The van der Waals surface area contributed by atoms with Gasteiger partial charge in [0.1, 0.15) is 0 Å². The van der Waals surface area contributed by atoms with E-state index in [0.717, 1.165) is 0 Å². The van der Waals surface area contributed by atoms with E-state index in [2.05, 4.69) is 22.2 Å². The molecular formula is C2H2N2O2S. The number of nitrogens with zero attached hydrogens (tertiary/aromatic N) is 1. The van der Waals surface area contributed by atoms with Gasteiger partial charge in [-0.2, -0.15) is 0 Å². The van der Waals surface area contributed by atoms with E-state index in [1.807, 2.05) is 10.8 Å². The Hall–Kier alpha value is -0.930. The summed E-state index contributed by atoms with van der Waals surface area (Å²) >= 11 is 4.09. The first-order valence-corrected chi connectivity index (χ1v) is 1.74. The van der Waals surface area contributed by atoms with Crippen LogP contribution in [0.5, 0.6) is 0 Å². The molecule has 0 saturated heterocycles. The maximum Gasteiger partial charge on any atom is 0.322 e. The molecule has 4 nitrogen and oxygen atoms in total. The molecule has 1 N–H and O–H groups in total. The molecule has 0 aromatic heterocycles. The van der Waals surface area contributed by atoms with Crippen LogP contribution in [0.15, 0.2) is 5.10 Å². The van der Waals surface area contributed by atoms with Crippen molar-refractivity contribution in [1.29, 1.82) is 0 Å². The van der Waals surface area contributed by atoms with Gasteiger partial charge in [-0.3, -0.25) is 4.79 Å². The van der Waals surface area contributed by atoms with E-state index >= 15 is 0 Å². The lowest BCUT2D eigenvalue weighted by Crippen LogP contribution is -2.02. The second-order valence-corrected chi connectivity index (χ2v) is 0.691. The Kier molecular flexibility index (Phi) is 4.40. The van der Waals surface area contributed by atoms with Crippen LogP contribution in [0.2, 0.25) is 0 Å². The highest BCUT2D eigenvalue weighted by atomic mass is 32.1. The van der Waals surface area contributed by atoms with E-state index in [0.29, 0.717) is 0 Å². The van der Waals surface area contributed by atoms with Gasteiger partial charge in [-0.1, -0.05) is 5.10 Å². The number of carbonyl (C=O) groups excluding carboxylic acids is 1. The first-order chi connectivity index (χ1) is 3.41. The topological polar surface area (TPSA) is 50.7 Å². The highest BCUT2D eigenvalue weighted by Crippen LogP contribution is 1.51. The van der Waals surface area contributed by atoms with Crippen LogP contribution in [0.1, 0.15) is 0 Å². The van der Waals surface area contributed by atoms with Crippen molar-refractivity contribution >= 4 is 23.9 Å². The van der Waals surface area contributed by atoms with E-state index in [-0.39, 0.29) is 6.47 Å². The second kappa shape index (κ2) is 5.07. The molecule has 0 atom stereocenters. The van der Waals surface area contributed by atoms with E-state index < -0.39 is 0 Å². The average molecular weight is 118 g/mol. The van der Waals surface area contributed by atoms with Gasteiger partial charge in [0.05, 0.1) is 5.16 Å². The van der Waals surface area contributed by atoms with Crippen LogP contribution in [0.4, 0.5) is 0 Å². The Morgan fingerprint density at radius 1 is 2.00 bits per heavy atom. The molecule has 0 aromatic carbocycles. The Balaban J connectivity index is 2.97. The fourth-order valence-electron chi connectivity index (χ4n) is 0.0665. The zero-order valence-electron chi connectivity index (χ0n) is 3.25. The molecule has 0 aromatic rings. The monoisotopic (exact) mass is 118 g/mol. The standard InChI is InChI=1S/C2H2N2O2S/c5-2-6-4-3-1-7/h2,4H. The molecule has 7 heavy (non-hydrogen) atoms. The number of rotatable bonds is 3. The van der Waals surface area contributed by atoms with Gasteiger partial charge < -0.3 is 4.84 Å². The molecule has 0 bridgehead atoms. The van der Waals surface area contributed by atoms with Crippen molar-refractivity contribution in [2.75, 3.05) is 0 Å². The van der Waals surface area contributed by atoms with Crippen molar-refractivity contribution < 1.29 is 9.63 Å². The summed E-state index contributed by atoms with van der Waals surface area (Å²) in [6.45, 7) is 0.191. The zero-order valence-corrected chi connectivity index (χ0v) is 4.07. The summed E-state index contributed by atoms with van der Waals surface area (Å²) in [6, 6.07) is 0. The summed E-state index contributed by atoms with van der Waals surface area (Å²) in [5.74, 6) is 0. The summed E-state index contributed by atoms with van der Waals surface area (Å²) in [5, 5.41) is 4.94. The minimum absolute atomic E-state index is 0.191. The molecule has 5 heteroatoms. The van der Waals surface area contributed by atoms with Crippen molar-refractivity contribution in [3.8, 4) is 0 Å². The van der Waals surface area contributed by atoms with Gasteiger partial charge in [0.25, 0.3) is 0 Å². The molecular weight excluding hydrogens is 116 g/mol. The van der Waals surface area contributed by atoms with Crippen molar-refractivity contribution in [3.63, 3.8) is 0 Å². The van der Waals surface area contributed by atoms with E-state index in [1.54, 1.807) is 0 Å². The fourth-order valence-corrected chi connectivity index (χ4v) is 0.104. The predicted octanol–water partition coefficient (Wildman–Crippen LogP) is -0.318. The average Bonchev–Trinajstić information content (AvgIpc) is 1.69. The minimum atomic E-state index is 0.191. The van der Waals surface area contributed by atoms with Gasteiger partial charge in [-0.05, 0) is 12.2 Å². The lowest BCUT2D eigenvalue weighted by molar-refractivity contribution is -0.135. The van der Waals surface area contributed by atoms with Gasteiger partial charge in [0.2, 0.25) is 0 Å². The highest BCUT2D eigenvalue weighted by molar-refractivity contribution is 7.78. The first-order valence-electron chi connectivity index (χ1n) is 1.33. The minimum Gasteiger partial charge on any atom is -0.329 e. The first kappa shape index (κ1) is 6.07. The summed E-state index contributed by atoms with van der Waals surface area (Å²) in [5.41, 5.74) is 1.83. The third-order valence-electron chi connectivity index (χ3n) is 0.192. The predicted molar refractivity (Wildman–Crippen MR) is 25.3 cm³/mol. The summed E-state index contributed by atoms with van der Waals surface area (Å²) in [7, 11) is 0. The molecule has 0 amide bonds. The van der Waals surface area contributed by atoms with Gasteiger partial charge in [-0.15, -0.1) is 5.59 Å². The van der Waals surface area contributed by atoms with Crippen LogP contribution in [0.25, 0.3) is 0 Å². The Morgan fingerprint density at radius 3 is 3.14 bits per heavy atom. The van der Waals surface area contributed by atoms with Crippen LogP contribution in [-0.4, -0.2) is 11.6 Å². The van der Waals surface area contributed by atoms with Crippen LogP contribution < -0.4 is 5.59 Å². The second-order valence-electron chi connectivity index (χ2n) is 0.508. The number of hydrogen-bond donors (Lipinski definition) is 1. The molecule has 0 aliphatic heterocycles.